The van der Waals surface area contributed by atoms with E-state index in [1.807, 2.05) is 85.8 Å². The summed E-state index contributed by atoms with van der Waals surface area (Å²) < 4.78 is 28.7. The smallest absolute Gasteiger partial charge is 0.258 e. The van der Waals surface area contributed by atoms with E-state index >= 15 is 0 Å². The lowest BCUT2D eigenvalue weighted by molar-refractivity contribution is 0.297. The standard InChI is InChI=1S/C29H35NO3SSi/c1-24-17-19-26(20-18-24)34(31,32)30-23-11-10-12-25(30)21-22-29(2,3)35(33,27-13-6-4-7-14-27)28-15-8-5-9-16-28/h4-11,13-20,25,33H,12,21-23H2,1-3H3/t25-/m0/s1. The molecule has 4 nitrogen and oxygen atoms in total. The van der Waals surface area contributed by atoms with Crippen molar-refractivity contribution in [2.45, 2.75) is 56.0 Å². The van der Waals surface area contributed by atoms with Crippen molar-refractivity contribution in [2.75, 3.05) is 6.54 Å². The van der Waals surface area contributed by atoms with E-state index in [0.29, 0.717) is 30.7 Å². The number of benzene rings is 3. The topological polar surface area (TPSA) is 57.6 Å². The first-order chi connectivity index (χ1) is 16.7. The zero-order valence-corrected chi connectivity index (χ0v) is 22.6. The van der Waals surface area contributed by atoms with Gasteiger partial charge in [0.1, 0.15) is 0 Å². The summed E-state index contributed by atoms with van der Waals surface area (Å²) in [7, 11) is -6.74. The summed E-state index contributed by atoms with van der Waals surface area (Å²) in [4.78, 5) is 12.8. The minimum absolute atomic E-state index is 0.143. The molecule has 0 spiro atoms. The number of sulfonamides is 1. The Labute approximate surface area is 211 Å². The van der Waals surface area contributed by atoms with Gasteiger partial charge in [0, 0.05) is 12.6 Å². The van der Waals surface area contributed by atoms with Crippen molar-refractivity contribution in [3.8, 4) is 0 Å². The van der Waals surface area contributed by atoms with E-state index in [2.05, 4.69) is 19.9 Å². The molecule has 1 N–H and O–H groups in total. The van der Waals surface area contributed by atoms with Gasteiger partial charge in [-0.2, -0.15) is 4.31 Å². The van der Waals surface area contributed by atoms with Gasteiger partial charge in [0.15, 0.2) is 0 Å². The quantitative estimate of drug-likeness (QED) is 0.359. The van der Waals surface area contributed by atoms with Gasteiger partial charge in [-0.05, 0) is 53.7 Å². The molecule has 0 aromatic heterocycles. The maximum Gasteiger partial charge on any atom is 0.258 e. The van der Waals surface area contributed by atoms with Gasteiger partial charge >= 0.3 is 0 Å². The molecule has 0 radical (unpaired) electrons. The summed E-state index contributed by atoms with van der Waals surface area (Å²) in [6, 6.07) is 26.9. The van der Waals surface area contributed by atoms with Crippen LogP contribution in [0.4, 0.5) is 0 Å². The molecule has 1 aliphatic rings. The van der Waals surface area contributed by atoms with Crippen LogP contribution in [0, 0.1) is 6.92 Å². The largest absolute Gasteiger partial charge is 0.424 e. The summed E-state index contributed by atoms with van der Waals surface area (Å²) in [5.41, 5.74) is 1.03. The number of hydrogen-bond donors (Lipinski definition) is 1. The van der Waals surface area contributed by atoms with Crippen molar-refractivity contribution in [3.63, 3.8) is 0 Å². The number of aryl methyl sites for hydroxylation is 1. The number of hydrogen-bond acceptors (Lipinski definition) is 3. The van der Waals surface area contributed by atoms with Gasteiger partial charge in [-0.1, -0.05) is 104 Å². The summed E-state index contributed by atoms with van der Waals surface area (Å²) in [5.74, 6) is 0. The van der Waals surface area contributed by atoms with Gasteiger partial charge < -0.3 is 4.80 Å². The fourth-order valence-corrected chi connectivity index (χ4v) is 10.5. The summed E-state index contributed by atoms with van der Waals surface area (Å²) >= 11 is 0. The van der Waals surface area contributed by atoms with E-state index in [1.54, 1.807) is 16.4 Å². The fourth-order valence-electron chi connectivity index (χ4n) is 5.12. The van der Waals surface area contributed by atoms with Crippen molar-refractivity contribution >= 4 is 28.7 Å². The average Bonchev–Trinajstić information content (AvgIpc) is 2.88. The van der Waals surface area contributed by atoms with Crippen LogP contribution in [-0.4, -0.2) is 38.4 Å². The molecule has 0 aliphatic carbocycles. The van der Waals surface area contributed by atoms with Crippen LogP contribution < -0.4 is 10.4 Å². The normalized spacial score (nSPS) is 17.4. The van der Waals surface area contributed by atoms with E-state index in [9.17, 15) is 13.2 Å². The molecule has 3 aromatic rings. The molecule has 0 fully saturated rings. The Morgan fingerprint density at radius 2 is 1.43 bits per heavy atom. The third-order valence-corrected chi connectivity index (χ3v) is 13.8. The highest BCUT2D eigenvalue weighted by Gasteiger charge is 2.50. The first-order valence-electron chi connectivity index (χ1n) is 12.2. The lowest BCUT2D eigenvalue weighted by atomic mass is 9.98. The zero-order chi connectivity index (χ0) is 25.1. The first-order valence-corrected chi connectivity index (χ1v) is 15.6. The van der Waals surface area contributed by atoms with Gasteiger partial charge in [-0.25, -0.2) is 8.42 Å². The van der Waals surface area contributed by atoms with Crippen LogP contribution >= 0.6 is 0 Å². The maximum absolute atomic E-state index is 13.5. The average molecular weight is 506 g/mol. The van der Waals surface area contributed by atoms with Crippen LogP contribution in [-0.2, 0) is 10.0 Å². The molecular formula is C29H35NO3SSi. The molecule has 0 saturated carbocycles. The number of rotatable bonds is 8. The van der Waals surface area contributed by atoms with Gasteiger partial charge in [0.2, 0.25) is 10.0 Å². The minimum atomic E-state index is -3.60. The van der Waals surface area contributed by atoms with Crippen molar-refractivity contribution in [1.29, 1.82) is 0 Å². The molecule has 1 heterocycles. The van der Waals surface area contributed by atoms with E-state index < -0.39 is 23.4 Å². The molecule has 0 bridgehead atoms. The number of nitrogens with zero attached hydrogens (tertiary/aromatic N) is 1. The van der Waals surface area contributed by atoms with E-state index in [-0.39, 0.29) is 6.04 Å². The van der Waals surface area contributed by atoms with Gasteiger partial charge in [-0.15, -0.1) is 0 Å². The molecule has 1 aliphatic heterocycles. The van der Waals surface area contributed by atoms with Crippen LogP contribution in [0.1, 0.15) is 38.7 Å². The van der Waals surface area contributed by atoms with Crippen molar-refractivity contribution in [2.24, 2.45) is 0 Å². The summed E-state index contributed by atoms with van der Waals surface area (Å²) in [5, 5.41) is 1.53. The molecule has 0 amide bonds. The lowest BCUT2D eigenvalue weighted by Crippen LogP contribution is -2.65. The second-order valence-corrected chi connectivity index (χ2v) is 15.9. The monoisotopic (exact) mass is 505 g/mol. The van der Waals surface area contributed by atoms with Gasteiger partial charge in [0.05, 0.1) is 4.90 Å². The second kappa shape index (κ2) is 10.2. The molecule has 1 atom stereocenters. The molecule has 6 heteroatoms. The van der Waals surface area contributed by atoms with Crippen LogP contribution in [0.15, 0.2) is 102 Å². The first kappa shape index (κ1) is 25.6. The molecule has 4 rings (SSSR count). The Bertz CT molecular complexity index is 1220. The van der Waals surface area contributed by atoms with E-state index in [1.165, 1.54) is 0 Å². The van der Waals surface area contributed by atoms with Crippen LogP contribution in [0.5, 0.6) is 0 Å². The third kappa shape index (κ3) is 5.07. The highest BCUT2D eigenvalue weighted by atomic mass is 32.2. The van der Waals surface area contributed by atoms with Crippen molar-refractivity contribution in [1.82, 2.24) is 4.31 Å². The zero-order valence-electron chi connectivity index (χ0n) is 20.8. The summed E-state index contributed by atoms with van der Waals surface area (Å²) in [6.07, 6.45) is 6.08. The summed E-state index contributed by atoms with van der Waals surface area (Å²) in [6.45, 7) is 6.60. The highest BCUT2D eigenvalue weighted by Crippen LogP contribution is 2.41. The Morgan fingerprint density at radius 1 is 0.886 bits per heavy atom. The molecule has 0 unspecified atom stereocenters. The highest BCUT2D eigenvalue weighted by molar-refractivity contribution is 7.89. The van der Waals surface area contributed by atoms with E-state index in [4.69, 9.17) is 0 Å². The Balaban J connectivity index is 1.63. The predicted molar refractivity (Wildman–Crippen MR) is 146 cm³/mol. The van der Waals surface area contributed by atoms with Crippen molar-refractivity contribution in [3.05, 3.63) is 103 Å². The fraction of sp³-hybridized carbons (Fsp3) is 0.310. The Hall–Kier alpha value is -2.51. The van der Waals surface area contributed by atoms with Gasteiger partial charge in [-0.3, -0.25) is 0 Å². The second-order valence-electron chi connectivity index (χ2n) is 10.1. The molecular weight excluding hydrogens is 470 g/mol. The van der Waals surface area contributed by atoms with Crippen LogP contribution in [0.25, 0.3) is 0 Å². The molecule has 0 saturated heterocycles. The molecule has 35 heavy (non-hydrogen) atoms. The third-order valence-electron chi connectivity index (χ3n) is 7.36. The molecule has 3 aromatic carbocycles. The maximum atomic E-state index is 13.5. The Kier molecular flexibility index (Phi) is 7.48. The van der Waals surface area contributed by atoms with Crippen LogP contribution in [0.2, 0.25) is 5.04 Å². The SMILES string of the molecule is Cc1ccc(S(=O)(=O)N2CC=CC[C@H]2CCC(C)(C)[Si](O)(c2ccccc2)c2ccccc2)cc1. The molecule has 184 valence electrons. The van der Waals surface area contributed by atoms with Crippen LogP contribution in [0.3, 0.4) is 0 Å². The van der Waals surface area contributed by atoms with E-state index in [0.717, 1.165) is 15.9 Å². The van der Waals surface area contributed by atoms with Gasteiger partial charge in [0.25, 0.3) is 8.32 Å². The lowest BCUT2D eigenvalue weighted by Gasteiger charge is -2.43. The Morgan fingerprint density at radius 3 is 1.97 bits per heavy atom. The minimum Gasteiger partial charge on any atom is -0.424 e. The van der Waals surface area contributed by atoms with Crippen molar-refractivity contribution < 1.29 is 13.2 Å². The predicted octanol–water partition coefficient (Wildman–Crippen LogP) is 4.63.